The number of anilines is 1. The molecule has 3 nitrogen and oxygen atoms in total. The SMILES string of the molecule is CCCc1c(NC)ncnc1SCC(C)C. The molecule has 0 bridgehead atoms. The molecule has 90 valence electrons. The summed E-state index contributed by atoms with van der Waals surface area (Å²) in [6.45, 7) is 6.64. The quantitative estimate of drug-likeness (QED) is 0.611. The average Bonchev–Trinajstić information content (AvgIpc) is 2.27. The minimum Gasteiger partial charge on any atom is -0.373 e. The van der Waals surface area contributed by atoms with E-state index in [0.29, 0.717) is 5.92 Å². The Bertz CT molecular complexity index is 326. The van der Waals surface area contributed by atoms with Gasteiger partial charge in [0.05, 0.1) is 0 Å². The highest BCUT2D eigenvalue weighted by atomic mass is 32.2. The smallest absolute Gasteiger partial charge is 0.133 e. The molecule has 0 saturated carbocycles. The molecule has 1 heterocycles. The Labute approximate surface area is 102 Å². The molecule has 4 heteroatoms. The first-order chi connectivity index (χ1) is 7.69. The van der Waals surface area contributed by atoms with Crippen molar-refractivity contribution in [2.45, 2.75) is 38.6 Å². The second-order valence-electron chi connectivity index (χ2n) is 4.21. The largest absolute Gasteiger partial charge is 0.373 e. The number of rotatable bonds is 6. The van der Waals surface area contributed by atoms with Crippen LogP contribution in [-0.2, 0) is 6.42 Å². The van der Waals surface area contributed by atoms with E-state index in [1.165, 1.54) is 5.56 Å². The highest BCUT2D eigenvalue weighted by Crippen LogP contribution is 2.27. The van der Waals surface area contributed by atoms with Crippen molar-refractivity contribution in [1.29, 1.82) is 0 Å². The Morgan fingerprint density at radius 3 is 2.69 bits per heavy atom. The number of nitrogens with zero attached hydrogens (tertiary/aromatic N) is 2. The fourth-order valence-electron chi connectivity index (χ4n) is 1.46. The lowest BCUT2D eigenvalue weighted by molar-refractivity contribution is 0.748. The second-order valence-corrected chi connectivity index (χ2v) is 5.22. The molecule has 16 heavy (non-hydrogen) atoms. The minimum atomic E-state index is 0.687. The maximum absolute atomic E-state index is 4.39. The first kappa shape index (κ1) is 13.3. The third-order valence-electron chi connectivity index (χ3n) is 2.20. The van der Waals surface area contributed by atoms with Gasteiger partial charge in [-0.3, -0.25) is 0 Å². The van der Waals surface area contributed by atoms with Crippen molar-refractivity contribution >= 4 is 17.6 Å². The maximum atomic E-state index is 4.39. The van der Waals surface area contributed by atoms with E-state index in [2.05, 4.69) is 36.1 Å². The van der Waals surface area contributed by atoms with Crippen LogP contribution in [0.5, 0.6) is 0 Å². The van der Waals surface area contributed by atoms with Crippen LogP contribution in [-0.4, -0.2) is 22.8 Å². The lowest BCUT2D eigenvalue weighted by Crippen LogP contribution is -2.03. The Balaban J connectivity index is 2.88. The van der Waals surface area contributed by atoms with E-state index < -0.39 is 0 Å². The molecule has 0 aliphatic rings. The third-order valence-corrected chi connectivity index (χ3v) is 3.65. The molecule has 1 aromatic rings. The lowest BCUT2D eigenvalue weighted by atomic mass is 10.2. The first-order valence-corrected chi connectivity index (χ1v) is 6.82. The molecule has 0 amide bonds. The van der Waals surface area contributed by atoms with Crippen molar-refractivity contribution < 1.29 is 0 Å². The number of thioether (sulfide) groups is 1. The van der Waals surface area contributed by atoms with E-state index in [1.54, 1.807) is 6.33 Å². The predicted molar refractivity (Wildman–Crippen MR) is 71.1 cm³/mol. The molecule has 0 spiro atoms. The number of nitrogens with one attached hydrogen (secondary N) is 1. The Morgan fingerprint density at radius 2 is 2.12 bits per heavy atom. The summed E-state index contributed by atoms with van der Waals surface area (Å²) in [6, 6.07) is 0. The van der Waals surface area contributed by atoms with Gasteiger partial charge in [0.15, 0.2) is 0 Å². The normalized spacial score (nSPS) is 10.8. The number of hydrogen-bond acceptors (Lipinski definition) is 4. The van der Waals surface area contributed by atoms with Gasteiger partial charge < -0.3 is 5.32 Å². The van der Waals surface area contributed by atoms with Crippen LogP contribution in [0.2, 0.25) is 0 Å². The van der Waals surface area contributed by atoms with Crippen LogP contribution < -0.4 is 5.32 Å². The van der Waals surface area contributed by atoms with Crippen molar-refractivity contribution in [3.05, 3.63) is 11.9 Å². The number of hydrogen-bond donors (Lipinski definition) is 1. The van der Waals surface area contributed by atoms with Crippen LogP contribution in [0.3, 0.4) is 0 Å². The molecular formula is C12H21N3S. The van der Waals surface area contributed by atoms with Gasteiger partial charge in [-0.2, -0.15) is 0 Å². The summed E-state index contributed by atoms with van der Waals surface area (Å²) in [4.78, 5) is 8.66. The summed E-state index contributed by atoms with van der Waals surface area (Å²) in [5.41, 5.74) is 1.26. The van der Waals surface area contributed by atoms with Crippen molar-refractivity contribution in [2.24, 2.45) is 5.92 Å². The molecule has 0 aromatic carbocycles. The third kappa shape index (κ3) is 3.67. The second kappa shape index (κ2) is 6.74. The van der Waals surface area contributed by atoms with Crippen molar-refractivity contribution in [2.75, 3.05) is 18.1 Å². The monoisotopic (exact) mass is 239 g/mol. The Morgan fingerprint density at radius 1 is 1.38 bits per heavy atom. The van der Waals surface area contributed by atoms with Crippen molar-refractivity contribution in [3.8, 4) is 0 Å². The summed E-state index contributed by atoms with van der Waals surface area (Å²) in [7, 11) is 1.92. The van der Waals surface area contributed by atoms with Gasteiger partial charge >= 0.3 is 0 Å². The van der Waals surface area contributed by atoms with Crippen LogP contribution in [0.1, 0.15) is 32.8 Å². The molecular weight excluding hydrogens is 218 g/mol. The lowest BCUT2D eigenvalue weighted by Gasteiger charge is -2.12. The first-order valence-electron chi connectivity index (χ1n) is 5.83. The zero-order valence-corrected chi connectivity index (χ0v) is 11.4. The van der Waals surface area contributed by atoms with Crippen LogP contribution in [0.15, 0.2) is 11.4 Å². The van der Waals surface area contributed by atoms with Gasteiger partial charge in [-0.15, -0.1) is 11.8 Å². The van der Waals surface area contributed by atoms with Crippen LogP contribution in [0, 0.1) is 5.92 Å². The zero-order chi connectivity index (χ0) is 12.0. The van der Waals surface area contributed by atoms with Crippen molar-refractivity contribution in [3.63, 3.8) is 0 Å². The van der Waals surface area contributed by atoms with Gasteiger partial charge in [-0.25, -0.2) is 9.97 Å². The van der Waals surface area contributed by atoms with Gasteiger partial charge in [-0.1, -0.05) is 27.2 Å². The highest BCUT2D eigenvalue weighted by molar-refractivity contribution is 7.99. The molecule has 1 aromatic heterocycles. The molecule has 0 saturated heterocycles. The van der Waals surface area contributed by atoms with Crippen molar-refractivity contribution in [1.82, 2.24) is 9.97 Å². The molecule has 0 atom stereocenters. The fourth-order valence-corrected chi connectivity index (χ4v) is 2.44. The summed E-state index contributed by atoms with van der Waals surface area (Å²) in [5, 5.41) is 4.28. The van der Waals surface area contributed by atoms with Crippen LogP contribution >= 0.6 is 11.8 Å². The van der Waals surface area contributed by atoms with Gasteiger partial charge in [0.25, 0.3) is 0 Å². The zero-order valence-electron chi connectivity index (χ0n) is 10.6. The topological polar surface area (TPSA) is 37.8 Å². The fraction of sp³-hybridized carbons (Fsp3) is 0.667. The van der Waals surface area contributed by atoms with Gasteiger partial charge in [0.2, 0.25) is 0 Å². The standard InChI is InChI=1S/C12H21N3S/c1-5-6-10-11(13-4)14-8-15-12(10)16-7-9(2)3/h8-9H,5-7H2,1-4H3,(H,13,14,15). The summed E-state index contributed by atoms with van der Waals surface area (Å²) < 4.78 is 0. The highest BCUT2D eigenvalue weighted by Gasteiger charge is 2.10. The van der Waals surface area contributed by atoms with Gasteiger partial charge in [0.1, 0.15) is 17.2 Å². The van der Waals surface area contributed by atoms with E-state index in [9.17, 15) is 0 Å². The Kier molecular flexibility index (Phi) is 5.60. The molecule has 0 aliphatic heterocycles. The average molecular weight is 239 g/mol. The minimum absolute atomic E-state index is 0.687. The van der Waals surface area contributed by atoms with Gasteiger partial charge in [0, 0.05) is 18.4 Å². The maximum Gasteiger partial charge on any atom is 0.133 e. The summed E-state index contributed by atoms with van der Waals surface area (Å²) in [5.74, 6) is 2.77. The Hall–Kier alpha value is -0.770. The summed E-state index contributed by atoms with van der Waals surface area (Å²) >= 11 is 1.83. The van der Waals surface area contributed by atoms with E-state index in [0.717, 1.165) is 29.4 Å². The summed E-state index contributed by atoms with van der Waals surface area (Å²) in [6.07, 6.45) is 3.81. The van der Waals surface area contributed by atoms with E-state index >= 15 is 0 Å². The molecule has 1 N–H and O–H groups in total. The predicted octanol–water partition coefficient (Wildman–Crippen LogP) is 3.22. The van der Waals surface area contributed by atoms with E-state index in [1.807, 2.05) is 18.8 Å². The molecule has 0 unspecified atom stereocenters. The van der Waals surface area contributed by atoms with E-state index in [-0.39, 0.29) is 0 Å². The van der Waals surface area contributed by atoms with Gasteiger partial charge in [-0.05, 0) is 12.3 Å². The molecule has 0 radical (unpaired) electrons. The molecule has 1 rings (SSSR count). The van der Waals surface area contributed by atoms with Crippen LogP contribution in [0.4, 0.5) is 5.82 Å². The van der Waals surface area contributed by atoms with Crippen LogP contribution in [0.25, 0.3) is 0 Å². The van der Waals surface area contributed by atoms with E-state index in [4.69, 9.17) is 0 Å². The molecule has 0 fully saturated rings. The molecule has 0 aliphatic carbocycles. The number of aromatic nitrogens is 2.